The summed E-state index contributed by atoms with van der Waals surface area (Å²) in [4.78, 5) is 11.6. The monoisotopic (exact) mass is 241 g/mol. The minimum atomic E-state index is -0.117. The summed E-state index contributed by atoms with van der Waals surface area (Å²) in [5.74, 6) is 5.21. The Kier molecular flexibility index (Phi) is 4.02. The Balaban J connectivity index is 3.04. The molecule has 0 radical (unpaired) electrons. The molecule has 0 heterocycles. The first-order valence-electron chi connectivity index (χ1n) is 4.23. The lowest BCUT2D eigenvalue weighted by Crippen LogP contribution is -1.99. The molecule has 78 valence electrons. The summed E-state index contributed by atoms with van der Waals surface area (Å²) in [6.45, 7) is 1.68. The lowest BCUT2D eigenvalue weighted by atomic mass is 10.1. The van der Waals surface area contributed by atoms with E-state index in [1.807, 2.05) is 0 Å². The molecule has 0 aliphatic heterocycles. The van der Waals surface area contributed by atoms with Crippen molar-refractivity contribution < 1.29 is 4.79 Å². The highest BCUT2D eigenvalue weighted by atomic mass is 35.5. The Morgan fingerprint density at radius 2 is 1.93 bits per heavy atom. The molecule has 1 aromatic carbocycles. The second-order valence-electron chi connectivity index (χ2n) is 2.88. The number of hydrogen-bond acceptors (Lipinski definition) is 2. The van der Waals surface area contributed by atoms with Crippen LogP contribution in [0.3, 0.4) is 0 Å². The van der Waals surface area contributed by atoms with Gasteiger partial charge in [-0.3, -0.25) is 4.79 Å². The fourth-order valence-corrected chi connectivity index (χ4v) is 1.50. The molecule has 0 atom stereocenters. The molecule has 0 amide bonds. The molecule has 1 aromatic rings. The first-order chi connectivity index (χ1) is 7.06. The van der Waals surface area contributed by atoms with Gasteiger partial charge in [-0.1, -0.05) is 29.1 Å². The minimum Gasteiger partial charge on any atom is -0.396 e. The Bertz CT molecular complexity index is 434. The fraction of sp³-hybridized carbons (Fsp3) is 0.182. The number of anilines is 1. The van der Waals surface area contributed by atoms with E-state index in [0.29, 0.717) is 5.56 Å². The maximum absolute atomic E-state index is 11.6. The second-order valence-corrected chi connectivity index (χ2v) is 3.69. The summed E-state index contributed by atoms with van der Waals surface area (Å²) in [5, 5.41) is 0.575. The van der Waals surface area contributed by atoms with Crippen molar-refractivity contribution >= 4 is 34.7 Å². The quantitative estimate of drug-likeness (QED) is 0.491. The van der Waals surface area contributed by atoms with Crippen LogP contribution in [0, 0.1) is 11.8 Å². The van der Waals surface area contributed by atoms with Crippen molar-refractivity contribution in [3.8, 4) is 11.8 Å². The molecule has 4 heteroatoms. The van der Waals surface area contributed by atoms with E-state index in [9.17, 15) is 4.79 Å². The van der Waals surface area contributed by atoms with Crippen LogP contribution in [0.5, 0.6) is 0 Å². The minimum absolute atomic E-state index is 0.117. The number of Topliss-reactive ketones (excluding diaryl/α,β-unsaturated/α-hetero) is 1. The zero-order valence-electron chi connectivity index (χ0n) is 8.10. The second kappa shape index (κ2) is 5.06. The van der Waals surface area contributed by atoms with Gasteiger partial charge in [-0.2, -0.15) is 0 Å². The predicted octanol–water partition coefficient (Wildman–Crippen LogP) is 3.17. The molecular formula is C11H9Cl2NO. The number of benzene rings is 1. The summed E-state index contributed by atoms with van der Waals surface area (Å²) in [6, 6.07) is 3.00. The molecule has 0 aromatic heterocycles. The SMILES string of the molecule is CC#CCC(=O)c1cc(Cl)c(N)c(Cl)c1. The van der Waals surface area contributed by atoms with E-state index in [4.69, 9.17) is 28.9 Å². The first kappa shape index (κ1) is 11.9. The van der Waals surface area contributed by atoms with Gasteiger partial charge in [0.1, 0.15) is 0 Å². The van der Waals surface area contributed by atoms with Gasteiger partial charge in [0.25, 0.3) is 0 Å². The fourth-order valence-electron chi connectivity index (χ4n) is 1.02. The van der Waals surface area contributed by atoms with Gasteiger partial charge in [0, 0.05) is 5.56 Å². The highest BCUT2D eigenvalue weighted by molar-refractivity contribution is 6.39. The van der Waals surface area contributed by atoms with Gasteiger partial charge in [-0.25, -0.2) is 0 Å². The molecule has 0 saturated heterocycles. The lowest BCUT2D eigenvalue weighted by molar-refractivity contribution is 0.0998. The van der Waals surface area contributed by atoms with Crippen LogP contribution in [0.1, 0.15) is 23.7 Å². The standard InChI is InChI=1S/C11H9Cl2NO/c1-2-3-4-10(15)7-5-8(12)11(14)9(13)6-7/h5-6H,4,14H2,1H3. The number of carbonyl (C=O) groups is 1. The van der Waals surface area contributed by atoms with Crippen LogP contribution in [0.15, 0.2) is 12.1 Å². The van der Waals surface area contributed by atoms with Gasteiger partial charge < -0.3 is 5.73 Å². The molecule has 0 unspecified atom stereocenters. The van der Waals surface area contributed by atoms with Crippen molar-refractivity contribution in [2.24, 2.45) is 0 Å². The first-order valence-corrected chi connectivity index (χ1v) is 4.99. The third-order valence-electron chi connectivity index (χ3n) is 1.83. The number of ketones is 1. The van der Waals surface area contributed by atoms with Gasteiger partial charge in [0.15, 0.2) is 5.78 Å². The molecule has 1 rings (SSSR count). The smallest absolute Gasteiger partial charge is 0.174 e. The normalized spacial score (nSPS) is 9.27. The number of carbonyl (C=O) groups excluding carboxylic acids is 1. The molecule has 2 nitrogen and oxygen atoms in total. The van der Waals surface area contributed by atoms with Crippen LogP contribution < -0.4 is 5.73 Å². The van der Waals surface area contributed by atoms with E-state index in [2.05, 4.69) is 11.8 Å². The van der Waals surface area contributed by atoms with Crippen LogP contribution in [0.4, 0.5) is 5.69 Å². The highest BCUT2D eigenvalue weighted by Gasteiger charge is 2.09. The number of rotatable bonds is 2. The zero-order valence-corrected chi connectivity index (χ0v) is 9.62. The maximum atomic E-state index is 11.6. The van der Waals surface area contributed by atoms with Gasteiger partial charge in [0.2, 0.25) is 0 Å². The van der Waals surface area contributed by atoms with Crippen molar-refractivity contribution in [2.45, 2.75) is 13.3 Å². The number of nitrogens with two attached hydrogens (primary N) is 1. The Morgan fingerprint density at radius 3 is 2.40 bits per heavy atom. The molecule has 0 aliphatic rings. The van der Waals surface area contributed by atoms with Crippen LogP contribution in [0.25, 0.3) is 0 Å². The largest absolute Gasteiger partial charge is 0.396 e. The van der Waals surface area contributed by atoms with Gasteiger partial charge in [-0.15, -0.1) is 5.92 Å². The third kappa shape index (κ3) is 2.89. The lowest BCUT2D eigenvalue weighted by Gasteiger charge is -2.03. The Labute approximate surface area is 98.4 Å². The molecular weight excluding hydrogens is 233 g/mol. The van der Waals surface area contributed by atoms with Crippen molar-refractivity contribution in [1.82, 2.24) is 0 Å². The molecule has 0 aliphatic carbocycles. The van der Waals surface area contributed by atoms with Crippen molar-refractivity contribution in [1.29, 1.82) is 0 Å². The Morgan fingerprint density at radius 1 is 1.40 bits per heavy atom. The average Bonchev–Trinajstić information content (AvgIpc) is 2.21. The number of hydrogen-bond donors (Lipinski definition) is 1. The van der Waals surface area contributed by atoms with Crippen LogP contribution in [-0.2, 0) is 0 Å². The summed E-state index contributed by atoms with van der Waals surface area (Å²) in [7, 11) is 0. The van der Waals surface area contributed by atoms with Gasteiger partial charge in [0.05, 0.1) is 22.2 Å². The van der Waals surface area contributed by atoms with E-state index in [1.54, 1.807) is 6.92 Å². The molecule has 0 saturated carbocycles. The van der Waals surface area contributed by atoms with Gasteiger partial charge >= 0.3 is 0 Å². The van der Waals surface area contributed by atoms with Crippen molar-refractivity contribution in [2.75, 3.05) is 5.73 Å². The van der Waals surface area contributed by atoms with E-state index >= 15 is 0 Å². The zero-order chi connectivity index (χ0) is 11.4. The van der Waals surface area contributed by atoms with E-state index in [1.165, 1.54) is 12.1 Å². The van der Waals surface area contributed by atoms with Crippen LogP contribution in [-0.4, -0.2) is 5.78 Å². The van der Waals surface area contributed by atoms with Gasteiger partial charge in [-0.05, 0) is 19.1 Å². The van der Waals surface area contributed by atoms with E-state index in [-0.39, 0.29) is 27.9 Å². The Hall–Kier alpha value is -1.17. The topological polar surface area (TPSA) is 43.1 Å². The summed E-state index contributed by atoms with van der Waals surface area (Å²) >= 11 is 11.6. The molecule has 0 bridgehead atoms. The molecule has 15 heavy (non-hydrogen) atoms. The van der Waals surface area contributed by atoms with E-state index < -0.39 is 0 Å². The highest BCUT2D eigenvalue weighted by Crippen LogP contribution is 2.29. The molecule has 0 fully saturated rings. The van der Waals surface area contributed by atoms with E-state index in [0.717, 1.165) is 0 Å². The number of halogens is 2. The van der Waals surface area contributed by atoms with Crippen molar-refractivity contribution in [3.05, 3.63) is 27.7 Å². The molecule has 0 spiro atoms. The maximum Gasteiger partial charge on any atom is 0.174 e. The molecule has 2 N–H and O–H groups in total. The summed E-state index contributed by atoms with van der Waals surface area (Å²) < 4.78 is 0. The summed E-state index contributed by atoms with van der Waals surface area (Å²) in [5.41, 5.74) is 6.27. The van der Waals surface area contributed by atoms with Crippen molar-refractivity contribution in [3.63, 3.8) is 0 Å². The number of nitrogen functional groups attached to an aromatic ring is 1. The average molecular weight is 242 g/mol. The van der Waals surface area contributed by atoms with Crippen LogP contribution >= 0.6 is 23.2 Å². The van der Waals surface area contributed by atoms with Crippen LogP contribution in [0.2, 0.25) is 10.0 Å². The third-order valence-corrected chi connectivity index (χ3v) is 2.45. The predicted molar refractivity (Wildman–Crippen MR) is 63.3 cm³/mol. The summed E-state index contributed by atoms with van der Waals surface area (Å²) in [6.07, 6.45) is 0.160.